The summed E-state index contributed by atoms with van der Waals surface area (Å²) in [4.78, 5) is 28.5. The number of rotatable bonds is 3. The van der Waals surface area contributed by atoms with E-state index in [1.165, 1.54) is 6.08 Å². The van der Waals surface area contributed by atoms with Gasteiger partial charge in [-0.2, -0.15) is 0 Å². The molecule has 27 heavy (non-hydrogen) atoms. The fraction of sp³-hybridized carbons (Fsp3) is 0.0500. The molecule has 0 saturated heterocycles. The van der Waals surface area contributed by atoms with E-state index in [1.807, 2.05) is 30.3 Å². The molecule has 1 aliphatic heterocycles. The number of carbonyl (C=O) groups excluding carboxylic acids is 2. The molecule has 2 aromatic carbocycles. The number of nitrogens with zero attached hydrogens (tertiary/aromatic N) is 1. The van der Waals surface area contributed by atoms with E-state index in [4.69, 9.17) is 9.47 Å². The van der Waals surface area contributed by atoms with Gasteiger partial charge in [-0.25, -0.2) is 0 Å². The molecule has 0 aliphatic carbocycles. The highest BCUT2D eigenvalue weighted by atomic mass is 16.7. The van der Waals surface area contributed by atoms with Crippen LogP contribution in [0.15, 0.2) is 60.8 Å². The Bertz CT molecular complexity index is 1060. The van der Waals surface area contributed by atoms with Crippen LogP contribution in [0.25, 0.3) is 17.0 Å². The van der Waals surface area contributed by atoms with E-state index < -0.39 is 11.8 Å². The first-order chi connectivity index (χ1) is 13.2. The van der Waals surface area contributed by atoms with Crippen LogP contribution in [-0.4, -0.2) is 23.6 Å². The van der Waals surface area contributed by atoms with Crippen LogP contribution in [0.5, 0.6) is 11.5 Å². The Labute approximate surface area is 154 Å². The number of para-hydroxylation sites is 1. The topological polar surface area (TPSA) is 89.6 Å². The fourth-order valence-electron chi connectivity index (χ4n) is 2.70. The van der Waals surface area contributed by atoms with Crippen molar-refractivity contribution in [2.75, 3.05) is 6.79 Å². The minimum Gasteiger partial charge on any atom is -0.454 e. The fourth-order valence-corrected chi connectivity index (χ4v) is 2.70. The van der Waals surface area contributed by atoms with Gasteiger partial charge >= 0.3 is 0 Å². The van der Waals surface area contributed by atoms with Crippen LogP contribution in [-0.2, 0) is 4.79 Å². The number of ether oxygens (including phenoxy) is 2. The number of hydrogen-bond donors (Lipinski definition) is 2. The van der Waals surface area contributed by atoms with E-state index in [2.05, 4.69) is 15.8 Å². The Morgan fingerprint density at radius 3 is 2.78 bits per heavy atom. The Balaban J connectivity index is 1.39. The van der Waals surface area contributed by atoms with Crippen molar-refractivity contribution in [2.45, 2.75) is 0 Å². The zero-order valence-corrected chi connectivity index (χ0v) is 14.1. The van der Waals surface area contributed by atoms with Crippen molar-refractivity contribution in [1.29, 1.82) is 0 Å². The number of carbonyl (C=O) groups is 2. The summed E-state index contributed by atoms with van der Waals surface area (Å²) >= 11 is 0. The second-order valence-electron chi connectivity index (χ2n) is 5.77. The molecule has 0 spiro atoms. The van der Waals surface area contributed by atoms with Crippen molar-refractivity contribution < 1.29 is 19.1 Å². The third-order valence-corrected chi connectivity index (χ3v) is 4.01. The van der Waals surface area contributed by atoms with E-state index in [-0.39, 0.29) is 6.79 Å². The van der Waals surface area contributed by atoms with Crippen molar-refractivity contribution in [3.63, 3.8) is 0 Å². The van der Waals surface area contributed by atoms with Crippen LogP contribution in [0.4, 0.5) is 0 Å². The van der Waals surface area contributed by atoms with E-state index in [0.29, 0.717) is 17.1 Å². The zero-order chi connectivity index (χ0) is 18.6. The maximum Gasteiger partial charge on any atom is 0.269 e. The van der Waals surface area contributed by atoms with Gasteiger partial charge in [0, 0.05) is 28.8 Å². The second kappa shape index (κ2) is 7.17. The Hall–Kier alpha value is -3.87. The molecular formula is C20H15N3O4. The predicted octanol–water partition coefficient (Wildman–Crippen LogP) is 2.44. The van der Waals surface area contributed by atoms with Gasteiger partial charge in [-0.1, -0.05) is 24.3 Å². The molecule has 0 fully saturated rings. The molecule has 7 nitrogen and oxygen atoms in total. The SMILES string of the molecule is O=C(/C=C/c1cccc2cccnc12)NNC(=O)c1ccc2c(c1)OCO2. The van der Waals surface area contributed by atoms with Crippen molar-refractivity contribution in [2.24, 2.45) is 0 Å². The summed E-state index contributed by atoms with van der Waals surface area (Å²) in [7, 11) is 0. The summed E-state index contributed by atoms with van der Waals surface area (Å²) in [6.45, 7) is 0.130. The normalized spacial score (nSPS) is 12.3. The number of hydrogen-bond acceptors (Lipinski definition) is 5. The lowest BCUT2D eigenvalue weighted by atomic mass is 10.1. The van der Waals surface area contributed by atoms with Gasteiger partial charge < -0.3 is 9.47 Å². The van der Waals surface area contributed by atoms with Gasteiger partial charge in [0.1, 0.15) is 0 Å². The highest BCUT2D eigenvalue weighted by Crippen LogP contribution is 2.32. The van der Waals surface area contributed by atoms with E-state index >= 15 is 0 Å². The molecule has 2 heterocycles. The van der Waals surface area contributed by atoms with Crippen molar-refractivity contribution >= 4 is 28.8 Å². The number of aromatic nitrogens is 1. The molecule has 0 saturated carbocycles. The second-order valence-corrected chi connectivity index (χ2v) is 5.77. The minimum absolute atomic E-state index is 0.130. The molecule has 1 aromatic heterocycles. The van der Waals surface area contributed by atoms with Gasteiger partial charge in [0.15, 0.2) is 11.5 Å². The molecule has 0 unspecified atom stereocenters. The molecule has 2 amide bonds. The minimum atomic E-state index is -0.461. The Kier molecular flexibility index (Phi) is 4.40. The maximum atomic E-state index is 12.1. The predicted molar refractivity (Wildman–Crippen MR) is 99.0 cm³/mol. The number of amides is 2. The largest absolute Gasteiger partial charge is 0.454 e. The van der Waals surface area contributed by atoms with Gasteiger partial charge in [0.25, 0.3) is 11.8 Å². The first-order valence-electron chi connectivity index (χ1n) is 8.22. The monoisotopic (exact) mass is 361 g/mol. The average Bonchev–Trinajstić information content (AvgIpc) is 3.18. The third kappa shape index (κ3) is 3.57. The van der Waals surface area contributed by atoms with Crippen LogP contribution < -0.4 is 20.3 Å². The molecule has 3 aromatic rings. The third-order valence-electron chi connectivity index (χ3n) is 4.01. The first kappa shape index (κ1) is 16.6. The standard InChI is InChI=1S/C20H15N3O4/c24-18(9-7-14-4-1-3-13-5-2-10-21-19(13)14)22-23-20(25)15-6-8-16-17(11-15)27-12-26-16/h1-11H,12H2,(H,22,24)(H,23,25)/b9-7+. The van der Waals surface area contributed by atoms with Crippen LogP contribution in [0.2, 0.25) is 0 Å². The van der Waals surface area contributed by atoms with Gasteiger partial charge in [0.05, 0.1) is 5.52 Å². The summed E-state index contributed by atoms with van der Waals surface area (Å²) in [6.07, 6.45) is 4.69. The average molecular weight is 361 g/mol. The van der Waals surface area contributed by atoms with Crippen LogP contribution in [0, 0.1) is 0 Å². The van der Waals surface area contributed by atoms with Gasteiger partial charge in [0.2, 0.25) is 6.79 Å². The van der Waals surface area contributed by atoms with Gasteiger partial charge in [-0.15, -0.1) is 0 Å². The Morgan fingerprint density at radius 2 is 1.85 bits per heavy atom. The maximum absolute atomic E-state index is 12.1. The van der Waals surface area contributed by atoms with Crippen molar-refractivity contribution in [3.8, 4) is 11.5 Å². The quantitative estimate of drug-likeness (QED) is 0.552. The molecule has 0 bridgehead atoms. The molecule has 134 valence electrons. The number of hydrazine groups is 1. The summed E-state index contributed by atoms with van der Waals surface area (Å²) < 4.78 is 10.4. The molecule has 1 aliphatic rings. The highest BCUT2D eigenvalue weighted by Gasteiger charge is 2.16. The highest BCUT2D eigenvalue weighted by molar-refractivity contribution is 5.99. The van der Waals surface area contributed by atoms with Gasteiger partial charge in [-0.05, 0) is 30.3 Å². The summed E-state index contributed by atoms with van der Waals surface area (Å²) in [6, 6.07) is 14.3. The summed E-state index contributed by atoms with van der Waals surface area (Å²) in [5, 5.41) is 0.983. The zero-order valence-electron chi connectivity index (χ0n) is 14.1. The van der Waals surface area contributed by atoms with Crippen molar-refractivity contribution in [3.05, 3.63) is 71.9 Å². The molecule has 0 atom stereocenters. The number of nitrogens with one attached hydrogen (secondary N) is 2. The lowest BCUT2D eigenvalue weighted by Gasteiger charge is -2.06. The van der Waals surface area contributed by atoms with Gasteiger partial charge in [-0.3, -0.25) is 25.4 Å². The molecule has 7 heteroatoms. The lowest BCUT2D eigenvalue weighted by Crippen LogP contribution is -2.40. The lowest BCUT2D eigenvalue weighted by molar-refractivity contribution is -0.117. The Morgan fingerprint density at radius 1 is 1.00 bits per heavy atom. The summed E-state index contributed by atoms with van der Waals surface area (Å²) in [5.74, 6) is 0.165. The van der Waals surface area contributed by atoms with Crippen LogP contribution in [0.1, 0.15) is 15.9 Å². The summed E-state index contributed by atoms with van der Waals surface area (Å²) in [5.41, 5.74) is 6.67. The van der Waals surface area contributed by atoms with E-state index in [9.17, 15) is 9.59 Å². The molecule has 4 rings (SSSR count). The first-order valence-corrected chi connectivity index (χ1v) is 8.22. The van der Waals surface area contributed by atoms with Crippen LogP contribution >= 0.6 is 0 Å². The smallest absolute Gasteiger partial charge is 0.269 e. The molecule has 2 N–H and O–H groups in total. The van der Waals surface area contributed by atoms with E-state index in [1.54, 1.807) is 30.5 Å². The number of benzene rings is 2. The van der Waals surface area contributed by atoms with Crippen molar-refractivity contribution in [1.82, 2.24) is 15.8 Å². The van der Waals surface area contributed by atoms with Crippen LogP contribution in [0.3, 0.4) is 0 Å². The van der Waals surface area contributed by atoms with E-state index in [0.717, 1.165) is 16.5 Å². The molecular weight excluding hydrogens is 346 g/mol. The number of fused-ring (bicyclic) bond motifs is 2. The molecule has 0 radical (unpaired) electrons. The number of pyridine rings is 1.